The first kappa shape index (κ1) is 22.0. The van der Waals surface area contributed by atoms with Crippen LogP contribution >= 0.6 is 0 Å². The molecule has 2 N–H and O–H groups in total. The quantitative estimate of drug-likeness (QED) is 0.346. The van der Waals surface area contributed by atoms with Crippen LogP contribution in [0, 0.1) is 12.7 Å². The van der Waals surface area contributed by atoms with E-state index < -0.39 is 23.5 Å². The van der Waals surface area contributed by atoms with Crippen LogP contribution in [0.25, 0.3) is 5.76 Å². The number of benzene rings is 3. The number of amides is 2. The van der Waals surface area contributed by atoms with E-state index in [1.165, 1.54) is 30.0 Å². The highest BCUT2D eigenvalue weighted by Gasteiger charge is 2.46. The Morgan fingerprint density at radius 2 is 1.67 bits per heavy atom. The minimum absolute atomic E-state index is 0.0804. The lowest BCUT2D eigenvalue weighted by atomic mass is 9.94. The first-order valence-corrected chi connectivity index (χ1v) is 10.3. The van der Waals surface area contributed by atoms with Crippen LogP contribution in [0.1, 0.15) is 29.7 Å². The van der Waals surface area contributed by atoms with Crippen LogP contribution in [0.2, 0.25) is 0 Å². The summed E-state index contributed by atoms with van der Waals surface area (Å²) in [6, 6.07) is 18.5. The van der Waals surface area contributed by atoms with E-state index in [0.29, 0.717) is 22.5 Å². The number of ketones is 1. The molecule has 0 aromatic heterocycles. The van der Waals surface area contributed by atoms with Crippen LogP contribution in [0.5, 0.6) is 0 Å². The highest BCUT2D eigenvalue weighted by molar-refractivity contribution is 6.51. The molecule has 0 spiro atoms. The summed E-state index contributed by atoms with van der Waals surface area (Å²) in [5.74, 6) is -2.68. The van der Waals surface area contributed by atoms with Crippen molar-refractivity contribution in [2.75, 3.05) is 10.2 Å². The average Bonchev–Trinajstić information content (AvgIpc) is 3.06. The van der Waals surface area contributed by atoms with E-state index in [1.807, 2.05) is 0 Å². The molecule has 33 heavy (non-hydrogen) atoms. The Kier molecular flexibility index (Phi) is 5.79. The van der Waals surface area contributed by atoms with Gasteiger partial charge in [-0.15, -0.1) is 0 Å². The number of nitrogens with one attached hydrogen (secondary N) is 1. The van der Waals surface area contributed by atoms with Crippen molar-refractivity contribution in [1.82, 2.24) is 0 Å². The van der Waals surface area contributed by atoms with Gasteiger partial charge in [0.2, 0.25) is 5.91 Å². The molecule has 2 amide bonds. The SMILES string of the molecule is CC(=O)Nc1ccc(N2C(=O)C(=O)/C(=C(\O)c3ccc(F)c(C)c3)C2c2ccccc2)cc1. The van der Waals surface area contributed by atoms with Crippen molar-refractivity contribution in [3.63, 3.8) is 0 Å². The van der Waals surface area contributed by atoms with E-state index >= 15 is 0 Å². The Morgan fingerprint density at radius 1 is 1.00 bits per heavy atom. The third kappa shape index (κ3) is 4.13. The normalized spacial score (nSPS) is 17.3. The fourth-order valence-electron chi connectivity index (χ4n) is 3.91. The Morgan fingerprint density at radius 3 is 2.27 bits per heavy atom. The molecule has 7 heteroatoms. The molecule has 1 unspecified atom stereocenters. The second-order valence-corrected chi connectivity index (χ2v) is 7.77. The fraction of sp³-hybridized carbons (Fsp3) is 0.115. The number of hydrogen-bond donors (Lipinski definition) is 2. The van der Waals surface area contributed by atoms with Crippen LogP contribution in [0.4, 0.5) is 15.8 Å². The molecular weight excluding hydrogens is 423 g/mol. The summed E-state index contributed by atoms with van der Waals surface area (Å²) in [7, 11) is 0. The van der Waals surface area contributed by atoms with E-state index in [9.17, 15) is 23.9 Å². The number of carbonyl (C=O) groups is 3. The minimum Gasteiger partial charge on any atom is -0.507 e. The average molecular weight is 444 g/mol. The Balaban J connectivity index is 1.87. The first-order valence-electron chi connectivity index (χ1n) is 10.3. The molecule has 4 rings (SSSR count). The maximum atomic E-state index is 13.8. The lowest BCUT2D eigenvalue weighted by molar-refractivity contribution is -0.132. The number of rotatable bonds is 4. The molecule has 0 saturated carbocycles. The van der Waals surface area contributed by atoms with E-state index in [0.717, 1.165) is 0 Å². The van der Waals surface area contributed by atoms with Crippen molar-refractivity contribution in [1.29, 1.82) is 0 Å². The van der Waals surface area contributed by atoms with Crippen LogP contribution in [0.3, 0.4) is 0 Å². The summed E-state index contributed by atoms with van der Waals surface area (Å²) in [5.41, 5.74) is 2.06. The van der Waals surface area contributed by atoms with Crippen molar-refractivity contribution in [3.8, 4) is 0 Å². The molecule has 1 saturated heterocycles. The van der Waals surface area contributed by atoms with Gasteiger partial charge in [0.05, 0.1) is 11.6 Å². The van der Waals surface area contributed by atoms with E-state index in [4.69, 9.17) is 0 Å². The highest BCUT2D eigenvalue weighted by Crippen LogP contribution is 2.42. The number of anilines is 2. The van der Waals surface area contributed by atoms with Crippen molar-refractivity contribution < 1.29 is 23.9 Å². The molecular formula is C26H21FN2O4. The predicted octanol–water partition coefficient (Wildman–Crippen LogP) is 4.72. The van der Waals surface area contributed by atoms with Gasteiger partial charge in [-0.3, -0.25) is 19.3 Å². The van der Waals surface area contributed by atoms with Gasteiger partial charge < -0.3 is 10.4 Å². The molecule has 3 aromatic rings. The van der Waals surface area contributed by atoms with Gasteiger partial charge in [-0.1, -0.05) is 30.3 Å². The second kappa shape index (κ2) is 8.70. The number of hydrogen-bond acceptors (Lipinski definition) is 4. The van der Waals surface area contributed by atoms with Crippen LogP contribution in [-0.2, 0) is 14.4 Å². The van der Waals surface area contributed by atoms with E-state index in [-0.39, 0.29) is 22.8 Å². The smallest absolute Gasteiger partial charge is 0.300 e. The van der Waals surface area contributed by atoms with Gasteiger partial charge >= 0.3 is 0 Å². The Bertz CT molecular complexity index is 1280. The monoisotopic (exact) mass is 444 g/mol. The number of aliphatic hydroxyl groups is 1. The Hall–Kier alpha value is -4.26. The summed E-state index contributed by atoms with van der Waals surface area (Å²) < 4.78 is 13.8. The zero-order chi connectivity index (χ0) is 23.7. The van der Waals surface area contributed by atoms with Gasteiger partial charge in [-0.05, 0) is 60.5 Å². The molecule has 1 fully saturated rings. The first-order chi connectivity index (χ1) is 15.8. The summed E-state index contributed by atoms with van der Waals surface area (Å²) >= 11 is 0. The fourth-order valence-corrected chi connectivity index (χ4v) is 3.91. The van der Waals surface area contributed by atoms with Crippen molar-refractivity contribution in [2.45, 2.75) is 19.9 Å². The molecule has 1 atom stereocenters. The molecule has 3 aromatic carbocycles. The van der Waals surface area contributed by atoms with Gasteiger partial charge in [0.15, 0.2) is 0 Å². The molecule has 1 aliphatic rings. The zero-order valence-electron chi connectivity index (χ0n) is 18.0. The van der Waals surface area contributed by atoms with Crippen molar-refractivity contribution in [3.05, 3.63) is 101 Å². The van der Waals surface area contributed by atoms with Crippen molar-refractivity contribution in [2.24, 2.45) is 0 Å². The summed E-state index contributed by atoms with van der Waals surface area (Å²) in [5, 5.41) is 13.7. The number of aryl methyl sites for hydroxylation is 1. The van der Waals surface area contributed by atoms with Crippen LogP contribution in [-0.4, -0.2) is 22.7 Å². The number of Topliss-reactive ketones (excluding diaryl/α,β-unsaturated/α-hetero) is 1. The maximum Gasteiger partial charge on any atom is 0.300 e. The number of aliphatic hydroxyl groups excluding tert-OH is 1. The van der Waals surface area contributed by atoms with E-state index in [1.54, 1.807) is 61.5 Å². The topological polar surface area (TPSA) is 86.7 Å². The molecule has 6 nitrogen and oxygen atoms in total. The second-order valence-electron chi connectivity index (χ2n) is 7.77. The largest absolute Gasteiger partial charge is 0.507 e. The van der Waals surface area contributed by atoms with Gasteiger partial charge in [0.1, 0.15) is 11.6 Å². The van der Waals surface area contributed by atoms with Crippen LogP contribution in [0.15, 0.2) is 78.4 Å². The lowest BCUT2D eigenvalue weighted by Gasteiger charge is -2.25. The van der Waals surface area contributed by atoms with E-state index in [2.05, 4.69) is 5.32 Å². The predicted molar refractivity (Wildman–Crippen MR) is 123 cm³/mol. The summed E-state index contributed by atoms with van der Waals surface area (Å²) in [4.78, 5) is 38.9. The number of nitrogens with zero attached hydrogens (tertiary/aromatic N) is 1. The van der Waals surface area contributed by atoms with Crippen LogP contribution < -0.4 is 10.2 Å². The van der Waals surface area contributed by atoms with Gasteiger partial charge in [-0.2, -0.15) is 0 Å². The summed E-state index contributed by atoms with van der Waals surface area (Å²) in [6.45, 7) is 2.94. The highest BCUT2D eigenvalue weighted by atomic mass is 19.1. The minimum atomic E-state index is -0.886. The lowest BCUT2D eigenvalue weighted by Crippen LogP contribution is -2.29. The maximum absolute atomic E-state index is 13.8. The molecule has 0 aliphatic carbocycles. The third-order valence-electron chi connectivity index (χ3n) is 5.46. The Labute approximate surface area is 190 Å². The summed E-state index contributed by atoms with van der Waals surface area (Å²) in [6.07, 6.45) is 0. The standard InChI is InChI=1S/C26H21FN2O4/c1-15-14-18(8-13-21(15)27)24(31)22-23(17-6-4-3-5-7-17)29(26(33)25(22)32)20-11-9-19(10-12-20)28-16(2)30/h3-14,23,31H,1-2H3,(H,28,30)/b24-22-. The third-order valence-corrected chi connectivity index (χ3v) is 5.46. The zero-order valence-corrected chi connectivity index (χ0v) is 18.0. The molecule has 0 bridgehead atoms. The number of carbonyl (C=O) groups excluding carboxylic acids is 3. The molecule has 1 aliphatic heterocycles. The number of halogens is 1. The molecule has 1 heterocycles. The van der Waals surface area contributed by atoms with Gasteiger partial charge in [0.25, 0.3) is 11.7 Å². The van der Waals surface area contributed by atoms with Gasteiger partial charge in [0, 0.05) is 23.9 Å². The molecule has 166 valence electrons. The van der Waals surface area contributed by atoms with Crippen molar-refractivity contribution >= 4 is 34.7 Å². The van der Waals surface area contributed by atoms with Gasteiger partial charge in [-0.25, -0.2) is 4.39 Å². The molecule has 0 radical (unpaired) electrons.